The summed E-state index contributed by atoms with van der Waals surface area (Å²) in [5.41, 5.74) is 2.58. The van der Waals surface area contributed by atoms with E-state index in [4.69, 9.17) is 20.4 Å². The number of hydrogen-bond donors (Lipinski definition) is 3. The van der Waals surface area contributed by atoms with Gasteiger partial charge in [-0.2, -0.15) is 0 Å². The van der Waals surface area contributed by atoms with Gasteiger partial charge in [0.2, 0.25) is 5.96 Å². The van der Waals surface area contributed by atoms with E-state index < -0.39 is 0 Å². The second-order valence-corrected chi connectivity index (χ2v) is 4.00. The molecular formula is C10H22N4O3. The molecule has 7 nitrogen and oxygen atoms in total. The summed E-state index contributed by atoms with van der Waals surface area (Å²) in [6.45, 7) is 4.33. The highest BCUT2D eigenvalue weighted by Crippen LogP contribution is 2.10. The van der Waals surface area contributed by atoms with Crippen LogP contribution in [0.2, 0.25) is 0 Å². The van der Waals surface area contributed by atoms with Crippen LogP contribution in [0.25, 0.3) is 0 Å². The molecule has 4 N–H and O–H groups in total. The Balaban J connectivity index is 2.57. The molecule has 1 saturated heterocycles. The fraction of sp³-hybridized carbons (Fsp3) is 0.900. The van der Waals surface area contributed by atoms with Gasteiger partial charge in [-0.15, -0.1) is 0 Å². The molecule has 2 unspecified atom stereocenters. The standard InChI is InChI=1S/C10H22N4O3/c1-8-5-14(6-9(7-15)17-8)10(13-11)12-3-4-16-2/h8-9,15H,3-7,11H2,1-2H3,(H,12,13). The number of nitrogens with two attached hydrogens (primary N) is 1. The maximum atomic E-state index is 9.13. The Kier molecular flexibility index (Phi) is 6.20. The largest absolute Gasteiger partial charge is 0.394 e. The van der Waals surface area contributed by atoms with Gasteiger partial charge in [0.25, 0.3) is 0 Å². The molecule has 0 spiro atoms. The van der Waals surface area contributed by atoms with Crippen molar-refractivity contribution in [3.05, 3.63) is 0 Å². The lowest BCUT2D eigenvalue weighted by atomic mass is 10.2. The Morgan fingerprint density at radius 1 is 1.65 bits per heavy atom. The Morgan fingerprint density at radius 2 is 2.41 bits per heavy atom. The number of guanidine groups is 1. The molecule has 0 bridgehead atoms. The number of ether oxygens (including phenoxy) is 2. The molecule has 1 aliphatic heterocycles. The number of nitrogens with zero attached hydrogens (tertiary/aromatic N) is 2. The van der Waals surface area contributed by atoms with Crippen molar-refractivity contribution in [2.24, 2.45) is 10.8 Å². The predicted octanol–water partition coefficient (Wildman–Crippen LogP) is -1.47. The summed E-state index contributed by atoms with van der Waals surface area (Å²) >= 11 is 0. The van der Waals surface area contributed by atoms with Gasteiger partial charge in [0, 0.05) is 20.2 Å². The monoisotopic (exact) mass is 246 g/mol. The molecular weight excluding hydrogens is 224 g/mol. The van der Waals surface area contributed by atoms with Crippen molar-refractivity contribution in [2.75, 3.05) is 40.0 Å². The molecule has 1 aliphatic rings. The van der Waals surface area contributed by atoms with E-state index in [2.05, 4.69) is 10.4 Å². The summed E-state index contributed by atoms with van der Waals surface area (Å²) in [6, 6.07) is 0. The smallest absolute Gasteiger partial charge is 0.208 e. The lowest BCUT2D eigenvalue weighted by molar-refractivity contribution is -0.0792. The molecule has 1 heterocycles. The van der Waals surface area contributed by atoms with Crippen LogP contribution in [0.3, 0.4) is 0 Å². The number of hydrogen-bond acceptors (Lipinski definition) is 5. The van der Waals surface area contributed by atoms with Crippen molar-refractivity contribution in [3.63, 3.8) is 0 Å². The van der Waals surface area contributed by atoms with Crippen LogP contribution in [0.5, 0.6) is 0 Å². The van der Waals surface area contributed by atoms with Crippen LogP contribution in [0, 0.1) is 0 Å². The fourth-order valence-corrected chi connectivity index (χ4v) is 1.80. The number of aliphatic hydroxyl groups excluding tert-OH is 1. The number of aliphatic imine (C=N–C) groups is 1. The Morgan fingerprint density at radius 3 is 3.00 bits per heavy atom. The summed E-state index contributed by atoms with van der Waals surface area (Å²) < 4.78 is 10.5. The van der Waals surface area contributed by atoms with E-state index in [1.54, 1.807) is 7.11 Å². The van der Waals surface area contributed by atoms with E-state index in [0.717, 1.165) is 0 Å². The quantitative estimate of drug-likeness (QED) is 0.184. The van der Waals surface area contributed by atoms with Gasteiger partial charge in [0.15, 0.2) is 0 Å². The minimum absolute atomic E-state index is 0.00321. The molecule has 0 aromatic carbocycles. The maximum absolute atomic E-state index is 9.13. The maximum Gasteiger partial charge on any atom is 0.208 e. The van der Waals surface area contributed by atoms with Crippen molar-refractivity contribution >= 4 is 5.96 Å². The van der Waals surface area contributed by atoms with Crippen LogP contribution in [0.4, 0.5) is 0 Å². The van der Waals surface area contributed by atoms with Gasteiger partial charge < -0.3 is 19.5 Å². The third-order valence-corrected chi connectivity index (χ3v) is 2.52. The Bertz CT molecular complexity index is 250. The lowest BCUT2D eigenvalue weighted by Gasteiger charge is -2.37. The molecule has 1 rings (SSSR count). The van der Waals surface area contributed by atoms with E-state index in [1.165, 1.54) is 0 Å². The molecule has 100 valence electrons. The van der Waals surface area contributed by atoms with Crippen LogP contribution in [0.15, 0.2) is 4.99 Å². The van der Waals surface area contributed by atoms with E-state index in [9.17, 15) is 0 Å². The van der Waals surface area contributed by atoms with E-state index in [0.29, 0.717) is 32.2 Å². The molecule has 1 fully saturated rings. The minimum atomic E-state index is -0.195. The molecule has 7 heteroatoms. The number of hydrazine groups is 1. The second kappa shape index (κ2) is 7.44. The van der Waals surface area contributed by atoms with Crippen molar-refractivity contribution in [3.8, 4) is 0 Å². The number of rotatable bonds is 4. The average molecular weight is 246 g/mol. The van der Waals surface area contributed by atoms with Crippen LogP contribution in [0.1, 0.15) is 6.92 Å². The van der Waals surface area contributed by atoms with Gasteiger partial charge in [-0.05, 0) is 6.92 Å². The lowest BCUT2D eigenvalue weighted by Crippen LogP contribution is -2.55. The highest BCUT2D eigenvalue weighted by Gasteiger charge is 2.26. The summed E-state index contributed by atoms with van der Waals surface area (Å²) in [5, 5.41) is 9.13. The minimum Gasteiger partial charge on any atom is -0.394 e. The number of nitrogens with one attached hydrogen (secondary N) is 1. The SMILES string of the molecule is COCCN=C(NN)N1CC(C)OC(CO)C1. The first-order valence-corrected chi connectivity index (χ1v) is 5.72. The van der Waals surface area contributed by atoms with Gasteiger partial charge in [-0.1, -0.05) is 0 Å². The second-order valence-electron chi connectivity index (χ2n) is 4.00. The van der Waals surface area contributed by atoms with Crippen LogP contribution >= 0.6 is 0 Å². The molecule has 2 atom stereocenters. The average Bonchev–Trinajstić information content (AvgIpc) is 2.34. The molecule has 17 heavy (non-hydrogen) atoms. The molecule has 0 aliphatic carbocycles. The van der Waals surface area contributed by atoms with E-state index in [-0.39, 0.29) is 18.8 Å². The first-order chi connectivity index (χ1) is 8.21. The summed E-state index contributed by atoms with van der Waals surface area (Å²) in [4.78, 5) is 6.28. The van der Waals surface area contributed by atoms with Crippen LogP contribution in [-0.2, 0) is 9.47 Å². The van der Waals surface area contributed by atoms with Gasteiger partial charge in [0.1, 0.15) is 0 Å². The molecule has 0 aromatic rings. The van der Waals surface area contributed by atoms with Gasteiger partial charge in [-0.3, -0.25) is 5.43 Å². The number of morpholine rings is 1. The number of methoxy groups -OCH3 is 1. The van der Waals surface area contributed by atoms with Crippen molar-refractivity contribution in [1.29, 1.82) is 0 Å². The topological polar surface area (TPSA) is 92.3 Å². The van der Waals surface area contributed by atoms with Crippen molar-refractivity contribution < 1.29 is 14.6 Å². The zero-order valence-electron chi connectivity index (χ0n) is 10.4. The summed E-state index contributed by atoms with van der Waals surface area (Å²) in [7, 11) is 1.63. The zero-order valence-corrected chi connectivity index (χ0v) is 10.4. The number of aliphatic hydroxyl groups is 1. The van der Waals surface area contributed by atoms with Crippen molar-refractivity contribution in [2.45, 2.75) is 19.1 Å². The van der Waals surface area contributed by atoms with E-state index >= 15 is 0 Å². The Hall–Kier alpha value is -0.890. The third-order valence-electron chi connectivity index (χ3n) is 2.52. The fourth-order valence-electron chi connectivity index (χ4n) is 1.80. The first-order valence-electron chi connectivity index (χ1n) is 5.72. The van der Waals surface area contributed by atoms with Crippen molar-refractivity contribution in [1.82, 2.24) is 10.3 Å². The summed E-state index contributed by atoms with van der Waals surface area (Å²) in [6.07, 6.45) is -0.151. The van der Waals surface area contributed by atoms with Crippen LogP contribution in [-0.4, -0.2) is 68.1 Å². The molecule has 0 aromatic heterocycles. The summed E-state index contributed by atoms with van der Waals surface area (Å²) in [5.74, 6) is 6.06. The van der Waals surface area contributed by atoms with E-state index in [1.807, 2.05) is 11.8 Å². The Labute approximate surface area is 102 Å². The molecule has 0 amide bonds. The highest BCUT2D eigenvalue weighted by molar-refractivity contribution is 5.79. The highest BCUT2D eigenvalue weighted by atomic mass is 16.5. The van der Waals surface area contributed by atoms with Gasteiger partial charge in [0.05, 0.1) is 32.0 Å². The first kappa shape index (κ1) is 14.2. The van der Waals surface area contributed by atoms with Crippen LogP contribution < -0.4 is 11.3 Å². The zero-order chi connectivity index (χ0) is 12.7. The molecule has 0 saturated carbocycles. The predicted molar refractivity (Wildman–Crippen MR) is 64.5 cm³/mol. The van der Waals surface area contributed by atoms with Gasteiger partial charge in [-0.25, -0.2) is 10.8 Å². The third kappa shape index (κ3) is 4.47. The molecule has 0 radical (unpaired) electrons. The normalized spacial score (nSPS) is 26.1. The van der Waals surface area contributed by atoms with Gasteiger partial charge >= 0.3 is 0 Å².